The maximum absolute atomic E-state index is 11.8. The largest absolute Gasteiger partial charge is 0.389 e. The highest BCUT2D eigenvalue weighted by molar-refractivity contribution is 7.89. The predicted octanol–water partition coefficient (Wildman–Crippen LogP) is 1.55. The van der Waals surface area contributed by atoms with Crippen LogP contribution in [0.25, 0.3) is 0 Å². The molecule has 1 fully saturated rings. The molecule has 0 aromatic heterocycles. The Labute approximate surface area is 126 Å². The molecule has 0 aliphatic heterocycles. The lowest BCUT2D eigenvalue weighted by atomic mass is 10.0. The van der Waals surface area contributed by atoms with Gasteiger partial charge in [0.1, 0.15) is 0 Å². The van der Waals surface area contributed by atoms with E-state index in [1.54, 1.807) is 18.2 Å². The van der Waals surface area contributed by atoms with Crippen molar-refractivity contribution >= 4 is 10.0 Å². The second kappa shape index (κ2) is 6.44. The highest BCUT2D eigenvalue weighted by Gasteiger charge is 2.31. The first-order valence-electron chi connectivity index (χ1n) is 7.36. The van der Waals surface area contributed by atoms with Gasteiger partial charge in [0.2, 0.25) is 10.0 Å². The van der Waals surface area contributed by atoms with E-state index in [-0.39, 0.29) is 10.9 Å². The molecule has 1 aliphatic carbocycles. The Morgan fingerprint density at radius 1 is 1.33 bits per heavy atom. The standard InChI is InChI=1S/C15H24N2O3S/c1-12(17-11-15(18)8-3-4-9-15)13-6-5-7-14(10-13)21(19,20)16-2/h5-7,10,12,16-18H,3-4,8-9,11H2,1-2H3. The van der Waals surface area contributed by atoms with Crippen LogP contribution < -0.4 is 10.0 Å². The molecule has 1 saturated carbocycles. The lowest BCUT2D eigenvalue weighted by Gasteiger charge is -2.25. The van der Waals surface area contributed by atoms with E-state index >= 15 is 0 Å². The minimum atomic E-state index is -3.42. The fourth-order valence-corrected chi connectivity index (χ4v) is 3.52. The van der Waals surface area contributed by atoms with Crippen molar-refractivity contribution in [3.05, 3.63) is 29.8 Å². The topological polar surface area (TPSA) is 78.4 Å². The summed E-state index contributed by atoms with van der Waals surface area (Å²) < 4.78 is 26.0. The Morgan fingerprint density at radius 3 is 2.62 bits per heavy atom. The molecule has 6 heteroatoms. The molecule has 1 unspecified atom stereocenters. The maximum atomic E-state index is 11.8. The van der Waals surface area contributed by atoms with Crippen molar-refractivity contribution in [1.82, 2.24) is 10.0 Å². The zero-order valence-electron chi connectivity index (χ0n) is 12.6. The Morgan fingerprint density at radius 2 is 2.00 bits per heavy atom. The van der Waals surface area contributed by atoms with Crippen LogP contribution >= 0.6 is 0 Å². The smallest absolute Gasteiger partial charge is 0.240 e. The minimum Gasteiger partial charge on any atom is -0.389 e. The van der Waals surface area contributed by atoms with Gasteiger partial charge in [-0.05, 0) is 44.5 Å². The molecule has 2 rings (SSSR count). The van der Waals surface area contributed by atoms with Crippen molar-refractivity contribution < 1.29 is 13.5 Å². The summed E-state index contributed by atoms with van der Waals surface area (Å²) in [4.78, 5) is 0.260. The third-order valence-corrected chi connectivity index (χ3v) is 5.62. The maximum Gasteiger partial charge on any atom is 0.240 e. The quantitative estimate of drug-likeness (QED) is 0.745. The van der Waals surface area contributed by atoms with E-state index < -0.39 is 15.6 Å². The summed E-state index contributed by atoms with van der Waals surface area (Å²) in [5.74, 6) is 0. The van der Waals surface area contributed by atoms with Gasteiger partial charge in [-0.3, -0.25) is 0 Å². The van der Waals surface area contributed by atoms with E-state index in [0.717, 1.165) is 31.2 Å². The number of hydrogen-bond acceptors (Lipinski definition) is 4. The predicted molar refractivity (Wildman–Crippen MR) is 82.5 cm³/mol. The van der Waals surface area contributed by atoms with Gasteiger partial charge >= 0.3 is 0 Å². The molecule has 1 aliphatic rings. The van der Waals surface area contributed by atoms with E-state index in [1.807, 2.05) is 13.0 Å². The molecule has 3 N–H and O–H groups in total. The summed E-state index contributed by atoms with van der Waals surface area (Å²) >= 11 is 0. The Hall–Kier alpha value is -0.950. The number of hydrogen-bond donors (Lipinski definition) is 3. The molecule has 0 bridgehead atoms. The van der Waals surface area contributed by atoms with E-state index in [1.165, 1.54) is 7.05 Å². The molecule has 0 saturated heterocycles. The second-order valence-electron chi connectivity index (χ2n) is 5.81. The molecule has 118 valence electrons. The van der Waals surface area contributed by atoms with Crippen molar-refractivity contribution in [3.8, 4) is 0 Å². The van der Waals surface area contributed by atoms with E-state index in [9.17, 15) is 13.5 Å². The van der Waals surface area contributed by atoms with E-state index in [2.05, 4.69) is 10.0 Å². The molecule has 0 spiro atoms. The number of rotatable bonds is 6. The van der Waals surface area contributed by atoms with Gasteiger partial charge in [-0.15, -0.1) is 0 Å². The van der Waals surface area contributed by atoms with Crippen molar-refractivity contribution in [2.45, 2.75) is 49.1 Å². The summed E-state index contributed by atoms with van der Waals surface area (Å²) in [6, 6.07) is 6.86. The van der Waals surface area contributed by atoms with Gasteiger partial charge in [0.15, 0.2) is 0 Å². The molecule has 0 amide bonds. The van der Waals surface area contributed by atoms with Crippen LogP contribution in [-0.4, -0.2) is 32.7 Å². The van der Waals surface area contributed by atoms with Crippen LogP contribution in [0.15, 0.2) is 29.2 Å². The van der Waals surface area contributed by atoms with Crippen molar-refractivity contribution in [1.29, 1.82) is 0 Å². The number of benzene rings is 1. The van der Waals surface area contributed by atoms with Gasteiger partial charge in [0.25, 0.3) is 0 Å². The first kappa shape index (κ1) is 16.4. The Balaban J connectivity index is 2.06. The van der Waals surface area contributed by atoms with Crippen LogP contribution in [-0.2, 0) is 10.0 Å². The molecule has 1 aromatic rings. The third kappa shape index (κ3) is 4.03. The highest BCUT2D eigenvalue weighted by atomic mass is 32.2. The molecule has 0 radical (unpaired) electrons. The fraction of sp³-hybridized carbons (Fsp3) is 0.600. The second-order valence-corrected chi connectivity index (χ2v) is 7.70. The van der Waals surface area contributed by atoms with Gasteiger partial charge in [-0.1, -0.05) is 25.0 Å². The Bertz CT molecular complexity index is 580. The summed E-state index contributed by atoms with van der Waals surface area (Å²) in [5, 5.41) is 13.7. The monoisotopic (exact) mass is 312 g/mol. The summed E-state index contributed by atoms with van der Waals surface area (Å²) in [6.07, 6.45) is 3.81. The van der Waals surface area contributed by atoms with Crippen LogP contribution in [0.4, 0.5) is 0 Å². The molecule has 1 aromatic carbocycles. The average molecular weight is 312 g/mol. The van der Waals surface area contributed by atoms with Crippen molar-refractivity contribution in [3.63, 3.8) is 0 Å². The molecule has 1 atom stereocenters. The highest BCUT2D eigenvalue weighted by Crippen LogP contribution is 2.29. The van der Waals surface area contributed by atoms with Gasteiger partial charge in [0, 0.05) is 12.6 Å². The van der Waals surface area contributed by atoms with Crippen LogP contribution in [0.3, 0.4) is 0 Å². The first-order valence-corrected chi connectivity index (χ1v) is 8.84. The summed E-state index contributed by atoms with van der Waals surface area (Å²) in [5.41, 5.74) is 0.288. The normalized spacial score (nSPS) is 19.6. The zero-order chi connectivity index (χ0) is 15.5. The number of aliphatic hydroxyl groups is 1. The van der Waals surface area contributed by atoms with E-state index in [0.29, 0.717) is 6.54 Å². The van der Waals surface area contributed by atoms with Crippen LogP contribution in [0, 0.1) is 0 Å². The van der Waals surface area contributed by atoms with Crippen molar-refractivity contribution in [2.24, 2.45) is 0 Å². The third-order valence-electron chi connectivity index (χ3n) is 4.21. The van der Waals surface area contributed by atoms with Crippen LogP contribution in [0.2, 0.25) is 0 Å². The van der Waals surface area contributed by atoms with Crippen LogP contribution in [0.5, 0.6) is 0 Å². The Kier molecular flexibility index (Phi) is 5.03. The van der Waals surface area contributed by atoms with E-state index in [4.69, 9.17) is 0 Å². The summed E-state index contributed by atoms with van der Waals surface area (Å²) in [6.45, 7) is 2.51. The van der Waals surface area contributed by atoms with Gasteiger partial charge < -0.3 is 10.4 Å². The molecular weight excluding hydrogens is 288 g/mol. The van der Waals surface area contributed by atoms with Gasteiger partial charge in [-0.2, -0.15) is 0 Å². The zero-order valence-corrected chi connectivity index (χ0v) is 13.4. The first-order chi connectivity index (χ1) is 9.86. The number of nitrogens with one attached hydrogen (secondary N) is 2. The summed E-state index contributed by atoms with van der Waals surface area (Å²) in [7, 11) is -2.02. The fourth-order valence-electron chi connectivity index (χ4n) is 2.74. The lowest BCUT2D eigenvalue weighted by molar-refractivity contribution is 0.0453. The molecular formula is C15H24N2O3S. The van der Waals surface area contributed by atoms with Gasteiger partial charge in [0.05, 0.1) is 10.5 Å². The molecule has 0 heterocycles. The molecule has 21 heavy (non-hydrogen) atoms. The molecule has 5 nitrogen and oxygen atoms in total. The minimum absolute atomic E-state index is 0.0124. The number of sulfonamides is 1. The van der Waals surface area contributed by atoms with Crippen molar-refractivity contribution in [2.75, 3.05) is 13.6 Å². The van der Waals surface area contributed by atoms with Crippen LogP contribution in [0.1, 0.15) is 44.2 Å². The lowest BCUT2D eigenvalue weighted by Crippen LogP contribution is -2.39. The average Bonchev–Trinajstić information content (AvgIpc) is 2.92. The van der Waals surface area contributed by atoms with Gasteiger partial charge in [-0.25, -0.2) is 13.1 Å². The SMILES string of the molecule is CNS(=O)(=O)c1cccc(C(C)NCC2(O)CCCC2)c1.